The lowest BCUT2D eigenvalue weighted by atomic mass is 10.1. The Labute approximate surface area is 166 Å². The molecule has 2 aromatic carbocycles. The van der Waals surface area contributed by atoms with Crippen molar-refractivity contribution in [2.24, 2.45) is 4.99 Å². The number of nitrogens with one attached hydrogen (secondary N) is 2. The van der Waals surface area contributed by atoms with Crippen LogP contribution in [-0.2, 0) is 13.1 Å². The zero-order valence-corrected chi connectivity index (χ0v) is 17.2. The van der Waals surface area contributed by atoms with Crippen LogP contribution >= 0.6 is 0 Å². The Morgan fingerprint density at radius 3 is 2.57 bits per heavy atom. The highest BCUT2D eigenvalue weighted by molar-refractivity contribution is 5.93. The third-order valence-electron chi connectivity index (χ3n) is 4.01. The minimum absolute atomic E-state index is 0.193. The van der Waals surface area contributed by atoms with E-state index < -0.39 is 0 Å². The largest absolute Gasteiger partial charge is 0.493 e. The molecule has 28 heavy (non-hydrogen) atoms. The molecule has 6 nitrogen and oxygen atoms in total. The average Bonchev–Trinajstić information content (AvgIpc) is 2.68. The van der Waals surface area contributed by atoms with Crippen molar-refractivity contribution in [3.63, 3.8) is 0 Å². The first-order chi connectivity index (χ1) is 13.5. The van der Waals surface area contributed by atoms with Crippen LogP contribution < -0.4 is 20.1 Å². The SMILES string of the molecule is CCOc1ccc(NC(=NC)NCc2ccc(F)c(CN(C)C)c2)cc1OC. The molecule has 0 saturated heterocycles. The van der Waals surface area contributed by atoms with Crippen molar-refractivity contribution in [1.29, 1.82) is 0 Å². The summed E-state index contributed by atoms with van der Waals surface area (Å²) < 4.78 is 24.8. The minimum Gasteiger partial charge on any atom is -0.493 e. The summed E-state index contributed by atoms with van der Waals surface area (Å²) in [5.41, 5.74) is 2.47. The van der Waals surface area contributed by atoms with Crippen LogP contribution in [0.25, 0.3) is 0 Å². The number of hydrogen-bond donors (Lipinski definition) is 2. The maximum Gasteiger partial charge on any atom is 0.195 e. The first kappa shape index (κ1) is 21.5. The first-order valence-electron chi connectivity index (χ1n) is 9.17. The van der Waals surface area contributed by atoms with Gasteiger partial charge in [-0.2, -0.15) is 0 Å². The molecule has 0 unspecified atom stereocenters. The predicted molar refractivity (Wildman–Crippen MR) is 112 cm³/mol. The van der Waals surface area contributed by atoms with Crippen molar-refractivity contribution in [3.05, 3.63) is 53.3 Å². The molecule has 152 valence electrons. The monoisotopic (exact) mass is 388 g/mol. The molecule has 0 aliphatic carbocycles. The number of hydrogen-bond acceptors (Lipinski definition) is 4. The Balaban J connectivity index is 2.04. The molecule has 0 radical (unpaired) electrons. The molecular formula is C21H29FN4O2. The van der Waals surface area contributed by atoms with Crippen LogP contribution in [0.15, 0.2) is 41.4 Å². The average molecular weight is 388 g/mol. The summed E-state index contributed by atoms with van der Waals surface area (Å²) in [5.74, 6) is 1.75. The number of methoxy groups -OCH3 is 1. The van der Waals surface area contributed by atoms with Gasteiger partial charge < -0.3 is 25.0 Å². The van der Waals surface area contributed by atoms with Gasteiger partial charge in [-0.3, -0.25) is 4.99 Å². The topological polar surface area (TPSA) is 58.1 Å². The molecule has 0 aromatic heterocycles. The van der Waals surface area contributed by atoms with Gasteiger partial charge in [0.05, 0.1) is 13.7 Å². The van der Waals surface area contributed by atoms with E-state index in [9.17, 15) is 4.39 Å². The molecule has 0 heterocycles. The second-order valence-corrected chi connectivity index (χ2v) is 6.51. The van der Waals surface area contributed by atoms with E-state index in [1.165, 1.54) is 6.07 Å². The van der Waals surface area contributed by atoms with E-state index in [4.69, 9.17) is 9.47 Å². The van der Waals surface area contributed by atoms with Crippen LogP contribution in [0, 0.1) is 5.82 Å². The molecule has 2 aromatic rings. The third kappa shape index (κ3) is 6.13. The fraction of sp³-hybridized carbons (Fsp3) is 0.381. The van der Waals surface area contributed by atoms with Gasteiger partial charge in [0.25, 0.3) is 0 Å². The van der Waals surface area contributed by atoms with Gasteiger partial charge in [0, 0.05) is 37.5 Å². The Hall–Kier alpha value is -2.80. The van der Waals surface area contributed by atoms with Crippen molar-refractivity contribution in [2.75, 3.05) is 40.2 Å². The van der Waals surface area contributed by atoms with Gasteiger partial charge in [0.2, 0.25) is 0 Å². The fourth-order valence-corrected chi connectivity index (χ4v) is 2.72. The second kappa shape index (κ2) is 10.5. The van der Waals surface area contributed by atoms with E-state index >= 15 is 0 Å². The number of nitrogens with zero attached hydrogens (tertiary/aromatic N) is 2. The third-order valence-corrected chi connectivity index (χ3v) is 4.01. The second-order valence-electron chi connectivity index (χ2n) is 6.51. The van der Waals surface area contributed by atoms with E-state index in [0.29, 0.717) is 42.7 Å². The Morgan fingerprint density at radius 1 is 1.14 bits per heavy atom. The lowest BCUT2D eigenvalue weighted by Crippen LogP contribution is -2.30. The van der Waals surface area contributed by atoms with Crippen molar-refractivity contribution in [3.8, 4) is 11.5 Å². The van der Waals surface area contributed by atoms with Crippen LogP contribution in [0.2, 0.25) is 0 Å². The highest BCUT2D eigenvalue weighted by Crippen LogP contribution is 2.30. The molecule has 0 atom stereocenters. The molecule has 7 heteroatoms. The van der Waals surface area contributed by atoms with Gasteiger partial charge in [-0.25, -0.2) is 4.39 Å². The highest BCUT2D eigenvalue weighted by atomic mass is 19.1. The molecule has 0 aliphatic heterocycles. The van der Waals surface area contributed by atoms with Crippen LogP contribution in [0.4, 0.5) is 10.1 Å². The zero-order valence-electron chi connectivity index (χ0n) is 17.2. The minimum atomic E-state index is -0.193. The van der Waals surface area contributed by atoms with E-state index in [2.05, 4.69) is 15.6 Å². The van der Waals surface area contributed by atoms with Crippen LogP contribution in [0.5, 0.6) is 11.5 Å². The number of halogens is 1. The van der Waals surface area contributed by atoms with Gasteiger partial charge in [-0.15, -0.1) is 0 Å². The Kier molecular flexibility index (Phi) is 8.07. The zero-order chi connectivity index (χ0) is 20.5. The molecule has 0 bridgehead atoms. The summed E-state index contributed by atoms with van der Waals surface area (Å²) in [5, 5.41) is 6.46. The van der Waals surface area contributed by atoms with Gasteiger partial charge in [0.15, 0.2) is 17.5 Å². The maximum absolute atomic E-state index is 13.9. The Bertz CT molecular complexity index is 809. The summed E-state index contributed by atoms with van der Waals surface area (Å²) in [6.07, 6.45) is 0. The predicted octanol–water partition coefficient (Wildman–Crippen LogP) is 3.48. The number of guanidine groups is 1. The summed E-state index contributed by atoms with van der Waals surface area (Å²) >= 11 is 0. The molecule has 0 aliphatic rings. The molecule has 2 N–H and O–H groups in total. The van der Waals surface area contributed by atoms with Crippen molar-refractivity contribution >= 4 is 11.6 Å². The highest BCUT2D eigenvalue weighted by Gasteiger charge is 2.08. The smallest absolute Gasteiger partial charge is 0.195 e. The number of benzene rings is 2. The van der Waals surface area contributed by atoms with Crippen molar-refractivity contribution in [1.82, 2.24) is 10.2 Å². The number of ether oxygens (including phenoxy) is 2. The van der Waals surface area contributed by atoms with Crippen LogP contribution in [0.1, 0.15) is 18.1 Å². The van der Waals surface area contributed by atoms with Gasteiger partial charge in [-0.1, -0.05) is 6.07 Å². The van der Waals surface area contributed by atoms with E-state index in [1.807, 2.05) is 50.2 Å². The standard InChI is InChI=1S/C21H29FN4O2/c1-6-28-19-10-8-17(12-20(19)27-5)25-21(23-2)24-13-15-7-9-18(22)16(11-15)14-26(3)4/h7-12H,6,13-14H2,1-5H3,(H2,23,24,25). The normalized spacial score (nSPS) is 11.5. The quantitative estimate of drug-likeness (QED) is 0.536. The van der Waals surface area contributed by atoms with E-state index in [0.717, 1.165) is 11.3 Å². The van der Waals surface area contributed by atoms with Crippen LogP contribution in [0.3, 0.4) is 0 Å². The summed E-state index contributed by atoms with van der Waals surface area (Å²) in [6, 6.07) is 10.7. The molecule has 0 fully saturated rings. The first-order valence-corrected chi connectivity index (χ1v) is 9.17. The van der Waals surface area contributed by atoms with Gasteiger partial charge in [0.1, 0.15) is 5.82 Å². The Morgan fingerprint density at radius 2 is 1.93 bits per heavy atom. The molecule has 0 saturated carbocycles. The van der Waals surface area contributed by atoms with Crippen LogP contribution in [-0.4, -0.2) is 45.7 Å². The fourth-order valence-electron chi connectivity index (χ4n) is 2.72. The number of anilines is 1. The van der Waals surface area contributed by atoms with Crippen molar-refractivity contribution in [2.45, 2.75) is 20.0 Å². The molecular weight excluding hydrogens is 359 g/mol. The summed E-state index contributed by atoms with van der Waals surface area (Å²) in [7, 11) is 7.14. The van der Waals surface area contributed by atoms with Crippen molar-refractivity contribution < 1.29 is 13.9 Å². The van der Waals surface area contributed by atoms with Gasteiger partial charge >= 0.3 is 0 Å². The summed E-state index contributed by atoms with van der Waals surface area (Å²) in [6.45, 7) is 3.57. The lowest BCUT2D eigenvalue weighted by Gasteiger charge is -2.15. The lowest BCUT2D eigenvalue weighted by molar-refractivity contribution is 0.311. The van der Waals surface area contributed by atoms with E-state index in [1.54, 1.807) is 20.2 Å². The molecule has 0 amide bonds. The maximum atomic E-state index is 13.9. The van der Waals surface area contributed by atoms with Gasteiger partial charge in [-0.05, 0) is 50.8 Å². The molecule has 2 rings (SSSR count). The molecule has 0 spiro atoms. The summed E-state index contributed by atoms with van der Waals surface area (Å²) in [4.78, 5) is 6.18. The number of rotatable bonds is 8. The number of aliphatic imine (C=N–C) groups is 1. The van der Waals surface area contributed by atoms with E-state index in [-0.39, 0.29) is 5.82 Å².